The van der Waals surface area contributed by atoms with E-state index in [0.717, 1.165) is 46.5 Å². The van der Waals surface area contributed by atoms with Crippen molar-refractivity contribution in [3.05, 3.63) is 81.5 Å². The van der Waals surface area contributed by atoms with Crippen LogP contribution in [0.2, 0.25) is 0 Å². The number of aromatic nitrogens is 2. The maximum Gasteiger partial charge on any atom is 0.295 e. The van der Waals surface area contributed by atoms with Gasteiger partial charge in [-0.15, -0.1) is 0 Å². The van der Waals surface area contributed by atoms with Crippen molar-refractivity contribution < 1.29 is 8.68 Å². The van der Waals surface area contributed by atoms with Crippen molar-refractivity contribution in [3.8, 4) is 11.3 Å². The van der Waals surface area contributed by atoms with E-state index in [4.69, 9.17) is 0 Å². The minimum absolute atomic E-state index is 0.521. The van der Waals surface area contributed by atoms with Gasteiger partial charge in [0.15, 0.2) is 11.4 Å². The standard InChI is InChI=1S/C39H49N2/c1-22(2)17-27-19-28(18-23(3)4)21-29(20-27)34-36-39(10,11)38(8,9)31-16-14-25(6)32-30-15-13-24(5)26(7)33(30)37(40(34)12)41(36)35(31)32/h13-16,19-23H,17-18H2,1-12H3/q+1/i10D3. The summed E-state index contributed by atoms with van der Waals surface area (Å²) >= 11 is 0. The first-order valence-corrected chi connectivity index (χ1v) is 15.5. The summed E-state index contributed by atoms with van der Waals surface area (Å²) in [7, 11) is 2.16. The Hall–Kier alpha value is -3.13. The van der Waals surface area contributed by atoms with Gasteiger partial charge >= 0.3 is 0 Å². The molecule has 0 amide bonds. The summed E-state index contributed by atoms with van der Waals surface area (Å²) in [5.74, 6) is 1.04. The largest absolute Gasteiger partial charge is 0.295 e. The van der Waals surface area contributed by atoms with E-state index in [-0.39, 0.29) is 0 Å². The van der Waals surface area contributed by atoms with E-state index in [1.807, 2.05) is 6.92 Å². The lowest BCUT2D eigenvalue weighted by molar-refractivity contribution is -0.632. The molecule has 2 heteroatoms. The number of hydrogen-bond donors (Lipinski definition) is 0. The molecule has 0 saturated heterocycles. The second-order valence-corrected chi connectivity index (χ2v) is 14.5. The van der Waals surface area contributed by atoms with Gasteiger partial charge in [0.2, 0.25) is 0 Å². The highest BCUT2D eigenvalue weighted by Gasteiger charge is 2.52. The van der Waals surface area contributed by atoms with Crippen LogP contribution in [0.3, 0.4) is 0 Å². The lowest BCUT2D eigenvalue weighted by atomic mass is 9.60. The number of fused-ring (bicyclic) bond motifs is 3. The molecule has 2 nitrogen and oxygen atoms in total. The van der Waals surface area contributed by atoms with Gasteiger partial charge in [0.1, 0.15) is 5.52 Å². The van der Waals surface area contributed by atoms with Gasteiger partial charge in [-0.2, -0.15) is 4.40 Å². The summed E-state index contributed by atoms with van der Waals surface area (Å²) in [6.07, 6.45) is 1.97. The zero-order valence-electron chi connectivity index (χ0n) is 30.0. The van der Waals surface area contributed by atoms with Gasteiger partial charge in [0.25, 0.3) is 5.65 Å². The summed E-state index contributed by atoms with van der Waals surface area (Å²) in [4.78, 5) is 0. The van der Waals surface area contributed by atoms with E-state index in [2.05, 4.69) is 121 Å². The van der Waals surface area contributed by atoms with Gasteiger partial charge in [0, 0.05) is 36.8 Å². The summed E-state index contributed by atoms with van der Waals surface area (Å²) in [6, 6.07) is 16.0. The Balaban J connectivity index is 1.94. The number of benzene rings is 3. The first-order chi connectivity index (χ1) is 20.4. The fourth-order valence-corrected chi connectivity index (χ4v) is 7.64. The van der Waals surface area contributed by atoms with Crippen molar-refractivity contribution in [2.24, 2.45) is 18.9 Å². The summed E-state index contributed by atoms with van der Waals surface area (Å²) in [5.41, 5.74) is 10.9. The lowest BCUT2D eigenvalue weighted by Crippen LogP contribution is -2.44. The van der Waals surface area contributed by atoms with Crippen molar-refractivity contribution >= 4 is 27.3 Å². The van der Waals surface area contributed by atoms with E-state index >= 15 is 0 Å². The molecule has 3 aromatic carbocycles. The Bertz CT molecular complexity index is 1960. The molecule has 0 radical (unpaired) electrons. The van der Waals surface area contributed by atoms with Crippen molar-refractivity contribution in [2.45, 2.75) is 99.8 Å². The lowest BCUT2D eigenvalue weighted by Gasteiger charge is -2.43. The van der Waals surface area contributed by atoms with Crippen LogP contribution in [0, 0.1) is 32.6 Å². The van der Waals surface area contributed by atoms with E-state index in [1.54, 1.807) is 0 Å². The second kappa shape index (κ2) is 9.18. The molecule has 5 aromatic rings. The molecule has 1 aliphatic rings. The third-order valence-electron chi connectivity index (χ3n) is 10.2. The molecule has 214 valence electrons. The van der Waals surface area contributed by atoms with Gasteiger partial charge in [0.05, 0.1) is 12.4 Å². The van der Waals surface area contributed by atoms with Crippen LogP contribution < -0.4 is 4.57 Å². The number of pyridine rings is 1. The predicted molar refractivity (Wildman–Crippen MR) is 176 cm³/mol. The second-order valence-electron chi connectivity index (χ2n) is 14.5. The fourth-order valence-electron chi connectivity index (χ4n) is 7.64. The van der Waals surface area contributed by atoms with Gasteiger partial charge in [-0.3, -0.25) is 0 Å². The van der Waals surface area contributed by atoms with Crippen LogP contribution in [0.4, 0.5) is 0 Å². The fraction of sp³-hybridized carbons (Fsp3) is 0.462. The number of nitrogens with zero attached hydrogens (tertiary/aromatic N) is 2. The number of imidazole rings is 1. The van der Waals surface area contributed by atoms with Crippen molar-refractivity contribution in [2.75, 3.05) is 0 Å². The molecule has 0 bridgehead atoms. The Morgan fingerprint density at radius 3 is 2.00 bits per heavy atom. The minimum atomic E-state index is -2.26. The van der Waals surface area contributed by atoms with Crippen LogP contribution in [0.15, 0.2) is 42.5 Å². The molecule has 0 N–H and O–H groups in total. The van der Waals surface area contributed by atoms with Crippen LogP contribution in [0.1, 0.15) is 98.5 Å². The highest BCUT2D eigenvalue weighted by Crippen LogP contribution is 2.54. The molecule has 0 aliphatic carbocycles. The maximum absolute atomic E-state index is 9.21. The van der Waals surface area contributed by atoms with Crippen LogP contribution in [-0.2, 0) is 30.7 Å². The third kappa shape index (κ3) is 3.85. The van der Waals surface area contributed by atoms with Crippen molar-refractivity contribution in [1.82, 2.24) is 4.40 Å². The zero-order chi connectivity index (χ0) is 32.3. The topological polar surface area (TPSA) is 8.29 Å². The van der Waals surface area contributed by atoms with E-state index < -0.39 is 17.7 Å². The maximum atomic E-state index is 9.21. The van der Waals surface area contributed by atoms with E-state index in [0.29, 0.717) is 11.8 Å². The zero-order valence-corrected chi connectivity index (χ0v) is 27.0. The molecule has 1 aliphatic heterocycles. The molecular weight excluding hydrogens is 496 g/mol. The minimum Gasteiger partial charge on any atom is -0.225 e. The molecule has 1 unspecified atom stereocenters. The SMILES string of the molecule is [2H]C([2H])([2H])C1(C)c2c(-c3cc(CC(C)C)cc(CC(C)C)c3)[n+](C)c3c4c(C)c(C)ccc4c4c(C)ccc(c4n23)C1(C)C. The quantitative estimate of drug-likeness (QED) is 0.153. The van der Waals surface area contributed by atoms with Crippen LogP contribution in [0.25, 0.3) is 38.6 Å². The summed E-state index contributed by atoms with van der Waals surface area (Å²) in [6.45, 7) is 19.7. The van der Waals surface area contributed by atoms with Gasteiger partial charge in [-0.05, 0) is 85.4 Å². The number of aryl methyl sites for hydroxylation is 4. The highest BCUT2D eigenvalue weighted by atomic mass is 15.1. The Kier molecular flexibility index (Phi) is 5.48. The van der Waals surface area contributed by atoms with Crippen LogP contribution in [0.5, 0.6) is 0 Å². The van der Waals surface area contributed by atoms with E-state index in [9.17, 15) is 4.11 Å². The van der Waals surface area contributed by atoms with Crippen molar-refractivity contribution in [1.29, 1.82) is 0 Å². The monoisotopic (exact) mass is 548 g/mol. The molecule has 41 heavy (non-hydrogen) atoms. The van der Waals surface area contributed by atoms with Crippen molar-refractivity contribution in [3.63, 3.8) is 0 Å². The Labute approximate surface area is 251 Å². The third-order valence-corrected chi connectivity index (χ3v) is 10.2. The molecule has 0 saturated carbocycles. The summed E-state index contributed by atoms with van der Waals surface area (Å²) in [5, 5.41) is 3.68. The van der Waals surface area contributed by atoms with E-state index in [1.165, 1.54) is 44.0 Å². The van der Waals surface area contributed by atoms with Gasteiger partial charge in [-0.1, -0.05) is 85.6 Å². The van der Waals surface area contributed by atoms with Crippen LogP contribution >= 0.6 is 0 Å². The normalized spacial score (nSPS) is 19.6. The molecule has 3 heterocycles. The average Bonchev–Trinajstić information content (AvgIpc) is 3.21. The molecule has 2 aromatic heterocycles. The van der Waals surface area contributed by atoms with Gasteiger partial charge in [-0.25, -0.2) is 4.57 Å². The Morgan fingerprint density at radius 1 is 0.805 bits per heavy atom. The smallest absolute Gasteiger partial charge is 0.225 e. The first kappa shape index (κ1) is 24.5. The molecular formula is C39H49N2+. The molecule has 0 spiro atoms. The molecule has 6 rings (SSSR count). The van der Waals surface area contributed by atoms with Crippen LogP contribution in [-0.4, -0.2) is 4.40 Å². The highest BCUT2D eigenvalue weighted by molar-refractivity contribution is 6.15. The summed E-state index contributed by atoms with van der Waals surface area (Å²) < 4.78 is 32.3. The molecule has 1 atom stereocenters. The first-order valence-electron chi connectivity index (χ1n) is 17.0. The predicted octanol–water partition coefficient (Wildman–Crippen LogP) is 9.63. The molecule has 0 fully saturated rings. The number of hydrogen-bond acceptors (Lipinski definition) is 0. The average molecular weight is 549 g/mol. The van der Waals surface area contributed by atoms with Gasteiger partial charge < -0.3 is 0 Å². The number of rotatable bonds is 5. The Morgan fingerprint density at radius 2 is 1.41 bits per heavy atom.